The minimum absolute atomic E-state index is 0.0340. The lowest BCUT2D eigenvalue weighted by molar-refractivity contribution is -0.191. The number of hydrazine groups is 1. The van der Waals surface area contributed by atoms with E-state index in [4.69, 9.17) is 4.74 Å². The summed E-state index contributed by atoms with van der Waals surface area (Å²) in [5, 5.41) is 2.51. The van der Waals surface area contributed by atoms with E-state index in [0.717, 1.165) is 29.0 Å². The molecular formula is C23H29F3N2O2. The molecule has 1 aliphatic heterocycles. The molecule has 0 radical (unpaired) electrons. The Morgan fingerprint density at radius 3 is 2.43 bits per heavy atom. The largest absolute Gasteiger partial charge is 0.494 e. The summed E-state index contributed by atoms with van der Waals surface area (Å²) in [4.78, 5) is 11.4. The molecule has 1 amide bonds. The maximum atomic E-state index is 13.7. The fourth-order valence-electron chi connectivity index (χ4n) is 3.81. The van der Waals surface area contributed by atoms with Crippen molar-refractivity contribution in [2.75, 3.05) is 13.2 Å². The average Bonchev–Trinajstić information content (AvgIpc) is 3.11. The third-order valence-corrected chi connectivity index (χ3v) is 5.39. The standard InChI is InChI=1S/C23H29F3N2O2/c1-2-3-4-5-6-7-14-30-20-11-10-17-15-19(9-8-18(17)16-20)22(23(24,25)26)28-13-12-21(29)27-28/h8-11,15-16,22H,2-7,12-14H2,1H3,(H,27,29)/t22-/m0/s1. The van der Waals surface area contributed by atoms with Crippen LogP contribution in [0.2, 0.25) is 0 Å². The predicted molar refractivity (Wildman–Crippen MR) is 111 cm³/mol. The second-order valence-electron chi connectivity index (χ2n) is 7.81. The van der Waals surface area contributed by atoms with Crippen LogP contribution in [0.5, 0.6) is 5.75 Å². The molecule has 0 saturated carbocycles. The van der Waals surface area contributed by atoms with Crippen LogP contribution in [0.15, 0.2) is 36.4 Å². The first-order valence-corrected chi connectivity index (χ1v) is 10.7. The van der Waals surface area contributed by atoms with Gasteiger partial charge < -0.3 is 4.74 Å². The number of halogens is 3. The molecule has 3 rings (SSSR count). The number of amides is 1. The van der Waals surface area contributed by atoms with E-state index in [0.29, 0.717) is 12.0 Å². The molecule has 0 aliphatic carbocycles. The number of unbranched alkanes of at least 4 members (excludes halogenated alkanes) is 5. The van der Waals surface area contributed by atoms with E-state index in [1.165, 1.54) is 37.8 Å². The number of fused-ring (bicyclic) bond motifs is 1. The number of nitrogens with zero attached hydrogens (tertiary/aromatic N) is 1. The Morgan fingerprint density at radius 1 is 1.03 bits per heavy atom. The number of carbonyl (C=O) groups excluding carboxylic acids is 1. The summed E-state index contributed by atoms with van der Waals surface area (Å²) < 4.78 is 46.9. The first-order valence-electron chi connectivity index (χ1n) is 10.7. The zero-order valence-corrected chi connectivity index (χ0v) is 17.3. The molecule has 2 aromatic carbocycles. The average molecular weight is 422 g/mol. The number of benzene rings is 2. The van der Waals surface area contributed by atoms with Gasteiger partial charge >= 0.3 is 6.18 Å². The third-order valence-electron chi connectivity index (χ3n) is 5.39. The van der Waals surface area contributed by atoms with E-state index in [-0.39, 0.29) is 18.5 Å². The van der Waals surface area contributed by atoms with Gasteiger partial charge in [-0.15, -0.1) is 0 Å². The van der Waals surface area contributed by atoms with Crippen molar-refractivity contribution in [1.82, 2.24) is 10.4 Å². The molecule has 1 saturated heterocycles. The van der Waals surface area contributed by atoms with Crippen LogP contribution >= 0.6 is 0 Å². The fourth-order valence-corrected chi connectivity index (χ4v) is 3.81. The van der Waals surface area contributed by atoms with Gasteiger partial charge in [-0.25, -0.2) is 5.01 Å². The SMILES string of the molecule is CCCCCCCCOc1ccc2cc([C@H](N3CCC(=O)N3)C(F)(F)F)ccc2c1. The van der Waals surface area contributed by atoms with Gasteiger partial charge in [-0.1, -0.05) is 57.2 Å². The van der Waals surface area contributed by atoms with Crippen molar-refractivity contribution in [1.29, 1.82) is 0 Å². The van der Waals surface area contributed by atoms with E-state index >= 15 is 0 Å². The topological polar surface area (TPSA) is 41.6 Å². The Hall–Kier alpha value is -2.28. The molecule has 2 aromatic rings. The zero-order valence-electron chi connectivity index (χ0n) is 17.3. The minimum atomic E-state index is -4.49. The molecule has 0 bridgehead atoms. The highest BCUT2D eigenvalue weighted by Gasteiger charge is 2.46. The highest BCUT2D eigenvalue weighted by atomic mass is 19.4. The lowest BCUT2D eigenvalue weighted by Crippen LogP contribution is -2.43. The van der Waals surface area contributed by atoms with Crippen LogP contribution in [0.4, 0.5) is 13.2 Å². The maximum absolute atomic E-state index is 13.7. The highest BCUT2D eigenvalue weighted by Crippen LogP contribution is 2.39. The van der Waals surface area contributed by atoms with Crippen molar-refractivity contribution in [3.05, 3.63) is 42.0 Å². The molecule has 0 spiro atoms. The van der Waals surface area contributed by atoms with E-state index in [2.05, 4.69) is 12.3 Å². The van der Waals surface area contributed by atoms with Crippen LogP contribution < -0.4 is 10.2 Å². The van der Waals surface area contributed by atoms with Crippen LogP contribution in [0.3, 0.4) is 0 Å². The summed E-state index contributed by atoms with van der Waals surface area (Å²) in [7, 11) is 0. The number of ether oxygens (including phenoxy) is 1. The molecule has 0 aromatic heterocycles. The van der Waals surface area contributed by atoms with Gasteiger partial charge in [-0.05, 0) is 41.0 Å². The monoisotopic (exact) mass is 422 g/mol. The molecular weight excluding hydrogens is 393 g/mol. The van der Waals surface area contributed by atoms with Crippen molar-refractivity contribution in [3.8, 4) is 5.75 Å². The highest BCUT2D eigenvalue weighted by molar-refractivity contribution is 5.84. The Morgan fingerprint density at radius 2 is 1.73 bits per heavy atom. The fraction of sp³-hybridized carbons (Fsp3) is 0.522. The molecule has 164 valence electrons. The predicted octanol–water partition coefficient (Wildman–Crippen LogP) is 5.92. The number of nitrogens with one attached hydrogen (secondary N) is 1. The second kappa shape index (κ2) is 10.2. The van der Waals surface area contributed by atoms with E-state index in [1.807, 2.05) is 6.07 Å². The van der Waals surface area contributed by atoms with Gasteiger partial charge in [0.25, 0.3) is 0 Å². The van der Waals surface area contributed by atoms with Crippen molar-refractivity contribution in [3.63, 3.8) is 0 Å². The Kier molecular flexibility index (Phi) is 7.58. The van der Waals surface area contributed by atoms with Gasteiger partial charge in [-0.2, -0.15) is 13.2 Å². The van der Waals surface area contributed by atoms with Gasteiger partial charge in [0.05, 0.1) is 6.61 Å². The van der Waals surface area contributed by atoms with Crippen LogP contribution in [0.1, 0.15) is 63.5 Å². The third kappa shape index (κ3) is 5.88. The summed E-state index contributed by atoms with van der Waals surface area (Å²) in [6.45, 7) is 2.87. The number of rotatable bonds is 10. The van der Waals surface area contributed by atoms with Crippen molar-refractivity contribution in [2.24, 2.45) is 0 Å². The molecule has 0 unspecified atom stereocenters. The van der Waals surface area contributed by atoms with Gasteiger partial charge in [0.2, 0.25) is 5.91 Å². The number of carbonyl (C=O) groups is 1. The summed E-state index contributed by atoms with van der Waals surface area (Å²) in [6, 6.07) is 8.26. The Balaban J connectivity index is 1.66. The molecule has 7 heteroatoms. The smallest absolute Gasteiger partial charge is 0.409 e. The molecule has 1 N–H and O–H groups in total. The molecule has 1 fully saturated rings. The quantitative estimate of drug-likeness (QED) is 0.483. The second-order valence-corrected chi connectivity index (χ2v) is 7.81. The van der Waals surface area contributed by atoms with Gasteiger partial charge in [0.15, 0.2) is 0 Å². The van der Waals surface area contributed by atoms with Gasteiger partial charge in [0.1, 0.15) is 11.8 Å². The van der Waals surface area contributed by atoms with Crippen LogP contribution in [0.25, 0.3) is 10.8 Å². The summed E-state index contributed by atoms with van der Waals surface area (Å²) >= 11 is 0. The summed E-state index contributed by atoms with van der Waals surface area (Å²) in [6.07, 6.45) is 2.69. The van der Waals surface area contributed by atoms with E-state index in [9.17, 15) is 18.0 Å². The molecule has 30 heavy (non-hydrogen) atoms. The van der Waals surface area contributed by atoms with Crippen LogP contribution in [0, 0.1) is 0 Å². The summed E-state index contributed by atoms with van der Waals surface area (Å²) in [5.41, 5.74) is 2.42. The van der Waals surface area contributed by atoms with E-state index < -0.39 is 18.1 Å². The zero-order chi connectivity index (χ0) is 21.6. The normalized spacial score (nSPS) is 16.1. The van der Waals surface area contributed by atoms with Crippen LogP contribution in [-0.4, -0.2) is 30.2 Å². The lowest BCUT2D eigenvalue weighted by Gasteiger charge is -2.29. The number of alkyl halides is 3. The molecule has 1 atom stereocenters. The maximum Gasteiger partial charge on any atom is 0.409 e. The lowest BCUT2D eigenvalue weighted by atomic mass is 10.0. The molecule has 1 heterocycles. The molecule has 4 nitrogen and oxygen atoms in total. The van der Waals surface area contributed by atoms with Crippen molar-refractivity contribution < 1.29 is 22.7 Å². The minimum Gasteiger partial charge on any atom is -0.494 e. The first-order chi connectivity index (χ1) is 14.4. The van der Waals surface area contributed by atoms with Gasteiger partial charge in [0, 0.05) is 13.0 Å². The first kappa shape index (κ1) is 22.4. The van der Waals surface area contributed by atoms with E-state index in [1.54, 1.807) is 18.2 Å². The van der Waals surface area contributed by atoms with Crippen LogP contribution in [-0.2, 0) is 4.79 Å². The Labute approximate surface area is 175 Å². The molecule has 1 aliphatic rings. The van der Waals surface area contributed by atoms with Crippen molar-refractivity contribution in [2.45, 2.75) is 64.1 Å². The van der Waals surface area contributed by atoms with Gasteiger partial charge in [-0.3, -0.25) is 10.2 Å². The number of hydrogen-bond acceptors (Lipinski definition) is 3. The number of hydrogen-bond donors (Lipinski definition) is 1. The van der Waals surface area contributed by atoms with Crippen molar-refractivity contribution >= 4 is 16.7 Å². The Bertz CT molecular complexity index is 854. The summed E-state index contributed by atoms with van der Waals surface area (Å²) in [5.74, 6) is 0.333.